The molecule has 0 radical (unpaired) electrons. The normalized spacial score (nSPS) is 27.9. The first-order valence-corrected chi connectivity index (χ1v) is 16.4. The van der Waals surface area contributed by atoms with Gasteiger partial charge in [0.1, 0.15) is 5.75 Å². The summed E-state index contributed by atoms with van der Waals surface area (Å²) >= 11 is 1.44. The van der Waals surface area contributed by atoms with Gasteiger partial charge in [0, 0.05) is 11.8 Å². The lowest BCUT2D eigenvalue weighted by Crippen LogP contribution is -2.43. The summed E-state index contributed by atoms with van der Waals surface area (Å²) in [5.74, 6) is -1.75. The third kappa shape index (κ3) is 7.61. The predicted molar refractivity (Wildman–Crippen MR) is 156 cm³/mol. The third-order valence-corrected chi connectivity index (χ3v) is 11.0. The molecule has 1 saturated carbocycles. The Labute approximate surface area is 246 Å². The molecule has 0 bridgehead atoms. The number of fused-ring (bicyclic) bond motifs is 5. The van der Waals surface area contributed by atoms with Crippen molar-refractivity contribution >= 4 is 11.8 Å². The van der Waals surface area contributed by atoms with Crippen molar-refractivity contribution < 1.29 is 32.2 Å². The number of hydrogen-bond acceptors (Lipinski definition) is 4. The van der Waals surface area contributed by atoms with E-state index in [2.05, 4.69) is 31.0 Å². The van der Waals surface area contributed by atoms with Gasteiger partial charge < -0.3 is 15.1 Å². The van der Waals surface area contributed by atoms with Crippen LogP contribution in [0.5, 0.6) is 5.75 Å². The molecule has 3 nitrogen and oxygen atoms in total. The molecule has 5 atom stereocenters. The molecule has 1 aromatic carbocycles. The van der Waals surface area contributed by atoms with Gasteiger partial charge in [-0.1, -0.05) is 37.5 Å². The average molecular weight is 604 g/mol. The van der Waals surface area contributed by atoms with Gasteiger partial charge in [0.15, 0.2) is 0 Å². The number of thioether (sulfide) groups is 1. The molecule has 2 N–H and O–H groups in total. The average Bonchev–Trinajstić information content (AvgIpc) is 3.20. The summed E-state index contributed by atoms with van der Waals surface area (Å²) in [5.41, 5.74) is 4.03. The minimum atomic E-state index is -5.46. The molecule has 4 rings (SSSR count). The largest absolute Gasteiger partial charge is 0.508 e. The second-order valence-electron chi connectivity index (χ2n) is 12.8. The molecule has 1 fully saturated rings. The summed E-state index contributed by atoms with van der Waals surface area (Å²) < 4.78 is 62.6. The summed E-state index contributed by atoms with van der Waals surface area (Å²) in [7, 11) is 2.07. The van der Waals surface area contributed by atoms with Crippen LogP contribution in [0.15, 0.2) is 29.8 Å². The summed E-state index contributed by atoms with van der Waals surface area (Å²) in [4.78, 5) is 2.27. The minimum Gasteiger partial charge on any atom is -0.508 e. The van der Waals surface area contributed by atoms with E-state index in [9.17, 15) is 32.2 Å². The number of nitrogens with zero attached hydrogens (tertiary/aromatic N) is 1. The molecular formula is C32H46F5NO2S. The van der Waals surface area contributed by atoms with E-state index in [0.717, 1.165) is 76.6 Å². The summed E-state index contributed by atoms with van der Waals surface area (Å²) in [6.07, 6.45) is 4.49. The highest BCUT2D eigenvalue weighted by Gasteiger charge is 2.56. The number of aliphatic hydroxyl groups is 1. The van der Waals surface area contributed by atoms with Crippen molar-refractivity contribution in [1.29, 1.82) is 0 Å². The van der Waals surface area contributed by atoms with Gasteiger partial charge in [-0.25, -0.2) is 0 Å². The quantitative estimate of drug-likeness (QED) is 0.127. The van der Waals surface area contributed by atoms with Crippen LogP contribution in [0.4, 0.5) is 22.0 Å². The van der Waals surface area contributed by atoms with E-state index in [-0.39, 0.29) is 17.9 Å². The van der Waals surface area contributed by atoms with Crippen LogP contribution in [0.3, 0.4) is 0 Å². The van der Waals surface area contributed by atoms with Crippen LogP contribution < -0.4 is 0 Å². The fraction of sp³-hybridized carbons (Fsp3) is 0.750. The number of benzene rings is 1. The number of phenols is 1. The van der Waals surface area contributed by atoms with Crippen LogP contribution in [0.2, 0.25) is 0 Å². The monoisotopic (exact) mass is 603 g/mol. The molecule has 0 aliphatic heterocycles. The molecule has 0 saturated heterocycles. The van der Waals surface area contributed by atoms with Crippen molar-refractivity contribution in [3.05, 3.63) is 41.0 Å². The van der Waals surface area contributed by atoms with Crippen molar-refractivity contribution in [2.24, 2.45) is 17.3 Å². The molecule has 0 amide bonds. The van der Waals surface area contributed by atoms with Crippen LogP contribution in [0, 0.1) is 17.3 Å². The zero-order valence-electron chi connectivity index (χ0n) is 24.4. The highest BCUT2D eigenvalue weighted by Crippen LogP contribution is 2.60. The second-order valence-corrected chi connectivity index (χ2v) is 14.0. The fourth-order valence-corrected chi connectivity index (χ4v) is 8.40. The Bertz CT molecular complexity index is 1050. The number of aromatic hydroxyl groups is 1. The number of unbranched alkanes of at least 4 members (excludes halogenated alkanes) is 2. The topological polar surface area (TPSA) is 43.7 Å². The van der Waals surface area contributed by atoms with Gasteiger partial charge in [-0.15, -0.1) is 0 Å². The number of alkyl halides is 5. The van der Waals surface area contributed by atoms with Crippen molar-refractivity contribution in [2.45, 2.75) is 102 Å². The Morgan fingerprint density at radius 2 is 1.76 bits per heavy atom. The lowest BCUT2D eigenvalue weighted by Gasteiger charge is -2.50. The highest BCUT2D eigenvalue weighted by molar-refractivity contribution is 7.99. The zero-order valence-corrected chi connectivity index (χ0v) is 25.2. The van der Waals surface area contributed by atoms with Crippen molar-refractivity contribution in [3.63, 3.8) is 0 Å². The predicted octanol–water partition coefficient (Wildman–Crippen LogP) is 8.35. The molecule has 0 unspecified atom stereocenters. The van der Waals surface area contributed by atoms with Gasteiger partial charge in [-0.05, 0) is 124 Å². The number of phenolic OH excluding ortho intramolecular Hbond substituents is 1. The van der Waals surface area contributed by atoms with E-state index in [1.54, 1.807) is 0 Å². The lowest BCUT2D eigenvalue weighted by atomic mass is 9.54. The molecule has 1 aromatic rings. The maximum Gasteiger partial charge on any atom is 0.453 e. The van der Waals surface area contributed by atoms with Gasteiger partial charge in [0.05, 0.1) is 6.10 Å². The van der Waals surface area contributed by atoms with Crippen LogP contribution in [-0.4, -0.2) is 65.0 Å². The van der Waals surface area contributed by atoms with E-state index in [1.807, 2.05) is 12.1 Å². The minimum absolute atomic E-state index is 0.108. The first-order valence-electron chi connectivity index (χ1n) is 15.2. The van der Waals surface area contributed by atoms with Crippen LogP contribution in [0.1, 0.15) is 88.2 Å². The first kappa shape index (κ1) is 32.6. The Balaban J connectivity index is 1.17. The molecule has 0 aromatic heterocycles. The molecule has 0 heterocycles. The van der Waals surface area contributed by atoms with E-state index in [1.165, 1.54) is 28.5 Å². The summed E-state index contributed by atoms with van der Waals surface area (Å²) in [6.45, 7) is 4.11. The summed E-state index contributed by atoms with van der Waals surface area (Å²) in [6, 6.07) is 5.89. The second kappa shape index (κ2) is 13.5. The van der Waals surface area contributed by atoms with E-state index < -0.39 is 18.5 Å². The van der Waals surface area contributed by atoms with Crippen molar-refractivity contribution in [2.75, 3.05) is 31.6 Å². The molecule has 41 heavy (non-hydrogen) atoms. The number of hydrogen-bond donors (Lipinski definition) is 2. The van der Waals surface area contributed by atoms with Gasteiger partial charge in [0.2, 0.25) is 0 Å². The van der Waals surface area contributed by atoms with Gasteiger partial charge in [-0.3, -0.25) is 0 Å². The standard InChI is InChI=1S/C32H46F5NO2S/c1-30-15-13-26-25-10-9-24(39)21-23(25)20-22(29(26)27(30)11-12-28(30)40)8-4-3-5-16-38(2)17-7-19-41-18-6-14-31(33,34)32(35,36)37/h9-11,21-22,26,28-29,39-40H,3-8,12-20H2,1-2H3/t22-,26-,28+,29-,30+/m1/s1. The summed E-state index contributed by atoms with van der Waals surface area (Å²) in [5, 5.41) is 21.0. The lowest BCUT2D eigenvalue weighted by molar-refractivity contribution is -0.284. The number of rotatable bonds is 14. The van der Waals surface area contributed by atoms with Crippen molar-refractivity contribution in [3.8, 4) is 5.75 Å². The molecular weight excluding hydrogens is 557 g/mol. The third-order valence-electron chi connectivity index (χ3n) is 9.88. The maximum atomic E-state index is 13.0. The SMILES string of the molecule is CN(CCCCC[C@@H]1Cc2cc(O)ccc2[C@H]2CC[C@@]3(C)C(=CC[C@@H]3O)[C@H]12)CCCSCCCC(F)(F)C(F)(F)F. The molecule has 3 aliphatic carbocycles. The van der Waals surface area contributed by atoms with Gasteiger partial charge in [-0.2, -0.15) is 33.7 Å². The van der Waals surface area contributed by atoms with Gasteiger partial charge in [0.25, 0.3) is 0 Å². The Kier molecular flexibility index (Phi) is 10.8. The molecule has 232 valence electrons. The molecule has 3 aliphatic rings. The zero-order chi connectivity index (χ0) is 29.8. The smallest absolute Gasteiger partial charge is 0.453 e. The Hall–Kier alpha value is -1.32. The Morgan fingerprint density at radius 3 is 2.51 bits per heavy atom. The van der Waals surface area contributed by atoms with Crippen molar-refractivity contribution in [1.82, 2.24) is 4.90 Å². The molecule has 0 spiro atoms. The van der Waals surface area contributed by atoms with Crippen LogP contribution >= 0.6 is 11.8 Å². The fourth-order valence-electron chi connectivity index (χ4n) is 7.51. The van der Waals surface area contributed by atoms with E-state index >= 15 is 0 Å². The highest BCUT2D eigenvalue weighted by atomic mass is 32.2. The maximum absolute atomic E-state index is 13.0. The van der Waals surface area contributed by atoms with Crippen LogP contribution in [0.25, 0.3) is 0 Å². The number of aliphatic hydroxyl groups excluding tert-OH is 1. The molecule has 9 heteroatoms. The first-order chi connectivity index (χ1) is 19.3. The number of halogens is 5. The van der Waals surface area contributed by atoms with E-state index in [4.69, 9.17) is 0 Å². The Morgan fingerprint density at radius 1 is 1.02 bits per heavy atom. The van der Waals surface area contributed by atoms with Gasteiger partial charge >= 0.3 is 12.1 Å². The van der Waals surface area contributed by atoms with Crippen LogP contribution in [-0.2, 0) is 6.42 Å². The van der Waals surface area contributed by atoms with E-state index in [0.29, 0.717) is 29.3 Å².